The van der Waals surface area contributed by atoms with Gasteiger partial charge >= 0.3 is 0 Å². The van der Waals surface area contributed by atoms with Gasteiger partial charge in [0.1, 0.15) is 0 Å². The number of hydrogen-bond acceptors (Lipinski definition) is 3. The van der Waals surface area contributed by atoms with E-state index in [0.29, 0.717) is 17.2 Å². The SMILES string of the molecule is Nc1cccnc1Nc1cc(Cl)c(F)c(Cl)c1. The number of rotatable bonds is 2. The van der Waals surface area contributed by atoms with Crippen molar-refractivity contribution < 1.29 is 4.39 Å². The van der Waals surface area contributed by atoms with Crippen LogP contribution in [0, 0.1) is 5.82 Å². The molecule has 0 amide bonds. The first-order chi connectivity index (χ1) is 8.08. The molecule has 0 spiro atoms. The predicted octanol–water partition coefficient (Wildman–Crippen LogP) is 3.85. The summed E-state index contributed by atoms with van der Waals surface area (Å²) in [6, 6.07) is 6.24. The van der Waals surface area contributed by atoms with Crippen LogP contribution in [0.4, 0.5) is 21.6 Å². The molecule has 0 aliphatic carbocycles. The fourth-order valence-electron chi connectivity index (χ4n) is 1.29. The minimum Gasteiger partial charge on any atom is -0.396 e. The molecule has 0 saturated heterocycles. The summed E-state index contributed by atoms with van der Waals surface area (Å²) >= 11 is 11.3. The van der Waals surface area contributed by atoms with Gasteiger partial charge in [-0.05, 0) is 24.3 Å². The van der Waals surface area contributed by atoms with E-state index >= 15 is 0 Å². The van der Waals surface area contributed by atoms with E-state index in [0.717, 1.165) is 0 Å². The summed E-state index contributed by atoms with van der Waals surface area (Å²) in [6.45, 7) is 0. The second-order valence-electron chi connectivity index (χ2n) is 3.32. The van der Waals surface area contributed by atoms with Crippen molar-refractivity contribution in [2.24, 2.45) is 0 Å². The van der Waals surface area contributed by atoms with Gasteiger partial charge in [0.2, 0.25) is 0 Å². The third-order valence-electron chi connectivity index (χ3n) is 2.09. The number of nitrogens with zero attached hydrogens (tertiary/aromatic N) is 1. The Bertz CT molecular complexity index is 537. The normalized spacial score (nSPS) is 10.3. The molecule has 0 fully saturated rings. The molecule has 1 heterocycles. The molecule has 0 atom stereocenters. The third kappa shape index (κ3) is 2.60. The number of nitrogens with two attached hydrogens (primary N) is 1. The van der Waals surface area contributed by atoms with Crippen LogP contribution in [0.3, 0.4) is 0 Å². The smallest absolute Gasteiger partial charge is 0.160 e. The molecule has 1 aromatic heterocycles. The lowest BCUT2D eigenvalue weighted by Gasteiger charge is -2.09. The van der Waals surface area contributed by atoms with Crippen LogP contribution >= 0.6 is 23.2 Å². The van der Waals surface area contributed by atoms with Gasteiger partial charge in [-0.3, -0.25) is 0 Å². The van der Waals surface area contributed by atoms with Crippen molar-refractivity contribution in [3.05, 3.63) is 46.3 Å². The Morgan fingerprint density at radius 2 is 1.88 bits per heavy atom. The van der Waals surface area contributed by atoms with Gasteiger partial charge in [0.25, 0.3) is 0 Å². The highest BCUT2D eigenvalue weighted by Gasteiger charge is 2.08. The van der Waals surface area contributed by atoms with Crippen LogP contribution in [0.25, 0.3) is 0 Å². The first-order valence-corrected chi connectivity index (χ1v) is 5.45. The molecule has 3 nitrogen and oxygen atoms in total. The highest BCUT2D eigenvalue weighted by atomic mass is 35.5. The Balaban J connectivity index is 2.34. The molecule has 2 rings (SSSR count). The molecule has 6 heteroatoms. The number of pyridine rings is 1. The van der Waals surface area contributed by atoms with Crippen molar-refractivity contribution in [1.82, 2.24) is 4.98 Å². The molecule has 0 unspecified atom stereocenters. The predicted molar refractivity (Wildman–Crippen MR) is 68.4 cm³/mol. The van der Waals surface area contributed by atoms with Crippen LogP contribution in [0.15, 0.2) is 30.5 Å². The van der Waals surface area contributed by atoms with Gasteiger partial charge < -0.3 is 11.1 Å². The minimum absolute atomic E-state index is 0.0606. The molecular weight excluding hydrogens is 264 g/mol. The van der Waals surface area contributed by atoms with Gasteiger partial charge in [-0.15, -0.1) is 0 Å². The highest BCUT2D eigenvalue weighted by Crippen LogP contribution is 2.29. The van der Waals surface area contributed by atoms with Crippen molar-refractivity contribution in [2.45, 2.75) is 0 Å². The number of hydrogen-bond donors (Lipinski definition) is 2. The van der Waals surface area contributed by atoms with Crippen molar-refractivity contribution >= 4 is 40.4 Å². The molecule has 88 valence electrons. The van der Waals surface area contributed by atoms with E-state index in [1.54, 1.807) is 18.3 Å². The summed E-state index contributed by atoms with van der Waals surface area (Å²) in [5.74, 6) is -0.181. The molecule has 0 aliphatic heterocycles. The van der Waals surface area contributed by atoms with E-state index in [2.05, 4.69) is 10.3 Å². The van der Waals surface area contributed by atoms with Crippen molar-refractivity contribution in [3.8, 4) is 0 Å². The lowest BCUT2D eigenvalue weighted by Crippen LogP contribution is -1.99. The summed E-state index contributed by atoms with van der Waals surface area (Å²) < 4.78 is 13.2. The summed E-state index contributed by atoms with van der Waals surface area (Å²) in [7, 11) is 0. The fourth-order valence-corrected chi connectivity index (χ4v) is 1.77. The topological polar surface area (TPSA) is 50.9 Å². The van der Waals surface area contributed by atoms with Crippen molar-refractivity contribution in [3.63, 3.8) is 0 Å². The van der Waals surface area contributed by atoms with E-state index in [9.17, 15) is 4.39 Å². The monoisotopic (exact) mass is 271 g/mol. The molecule has 17 heavy (non-hydrogen) atoms. The maximum Gasteiger partial charge on any atom is 0.160 e. The Labute approximate surface area is 107 Å². The van der Waals surface area contributed by atoms with Crippen LogP contribution < -0.4 is 11.1 Å². The van der Waals surface area contributed by atoms with E-state index < -0.39 is 5.82 Å². The second kappa shape index (κ2) is 4.77. The van der Waals surface area contributed by atoms with Crippen LogP contribution in [-0.2, 0) is 0 Å². The molecule has 1 aromatic carbocycles. The van der Waals surface area contributed by atoms with Crippen molar-refractivity contribution in [2.75, 3.05) is 11.1 Å². The maximum atomic E-state index is 13.2. The number of nitrogen functional groups attached to an aromatic ring is 1. The zero-order valence-corrected chi connectivity index (χ0v) is 10.1. The number of halogens is 3. The standard InChI is InChI=1S/C11H8Cl2FN3/c12-7-4-6(5-8(13)10(7)14)17-11-9(15)2-1-3-16-11/h1-5H,15H2,(H,16,17). The van der Waals surface area contributed by atoms with Gasteiger partial charge in [-0.2, -0.15) is 0 Å². The van der Waals surface area contributed by atoms with Gasteiger partial charge in [-0.25, -0.2) is 9.37 Å². The minimum atomic E-state index is -0.645. The summed E-state index contributed by atoms with van der Waals surface area (Å²) in [4.78, 5) is 4.04. The number of benzene rings is 1. The average molecular weight is 272 g/mol. The lowest BCUT2D eigenvalue weighted by atomic mass is 10.3. The fraction of sp³-hybridized carbons (Fsp3) is 0. The zero-order chi connectivity index (χ0) is 12.4. The van der Waals surface area contributed by atoms with Crippen LogP contribution in [0.5, 0.6) is 0 Å². The summed E-state index contributed by atoms with van der Waals surface area (Å²) in [6.07, 6.45) is 1.59. The van der Waals surface area contributed by atoms with Crippen LogP contribution in [0.2, 0.25) is 10.0 Å². The summed E-state index contributed by atoms with van der Waals surface area (Å²) in [5.41, 5.74) is 6.71. The van der Waals surface area contributed by atoms with Crippen molar-refractivity contribution in [1.29, 1.82) is 0 Å². The van der Waals surface area contributed by atoms with E-state index in [4.69, 9.17) is 28.9 Å². The third-order valence-corrected chi connectivity index (χ3v) is 2.64. The highest BCUT2D eigenvalue weighted by molar-refractivity contribution is 6.35. The Kier molecular flexibility index (Phi) is 3.36. The molecule has 0 saturated carbocycles. The molecule has 0 bridgehead atoms. The summed E-state index contributed by atoms with van der Waals surface area (Å²) in [5, 5.41) is 2.79. The largest absolute Gasteiger partial charge is 0.396 e. The maximum absolute atomic E-state index is 13.2. The first kappa shape index (κ1) is 12.0. The molecule has 3 N–H and O–H groups in total. The van der Waals surface area contributed by atoms with Gasteiger partial charge in [0, 0.05) is 11.9 Å². The van der Waals surface area contributed by atoms with Gasteiger partial charge in [0.05, 0.1) is 15.7 Å². The quantitative estimate of drug-likeness (QED) is 0.816. The number of nitrogens with one attached hydrogen (secondary N) is 1. The number of aromatic nitrogens is 1. The van der Waals surface area contributed by atoms with E-state index in [1.807, 2.05) is 0 Å². The van der Waals surface area contributed by atoms with E-state index in [-0.39, 0.29) is 10.0 Å². The van der Waals surface area contributed by atoms with E-state index in [1.165, 1.54) is 12.1 Å². The Morgan fingerprint density at radius 1 is 1.24 bits per heavy atom. The Hall–Kier alpha value is -1.52. The van der Waals surface area contributed by atoms with Gasteiger partial charge in [-0.1, -0.05) is 23.2 Å². The lowest BCUT2D eigenvalue weighted by molar-refractivity contribution is 0.629. The molecule has 0 radical (unpaired) electrons. The number of anilines is 3. The zero-order valence-electron chi connectivity index (χ0n) is 8.55. The molecular formula is C11H8Cl2FN3. The molecule has 0 aliphatic rings. The van der Waals surface area contributed by atoms with Crippen LogP contribution in [-0.4, -0.2) is 4.98 Å². The van der Waals surface area contributed by atoms with Gasteiger partial charge in [0.15, 0.2) is 11.6 Å². The Morgan fingerprint density at radius 3 is 2.47 bits per heavy atom. The van der Waals surface area contributed by atoms with Crippen LogP contribution in [0.1, 0.15) is 0 Å². The molecule has 2 aromatic rings. The first-order valence-electron chi connectivity index (χ1n) is 4.70. The second-order valence-corrected chi connectivity index (χ2v) is 4.13. The average Bonchev–Trinajstić information content (AvgIpc) is 2.29.